The summed E-state index contributed by atoms with van der Waals surface area (Å²) in [4.78, 5) is 10.9. The molecule has 0 aliphatic rings. The highest BCUT2D eigenvalue weighted by Crippen LogP contribution is 2.20. The van der Waals surface area contributed by atoms with Gasteiger partial charge in [0.25, 0.3) is 0 Å². The SMILES string of the molecule is C=CC(=O)OCC(O)C[N+](C)(CCC)CCC.O=S(=O)([O-])C(F)(F)F. The van der Waals surface area contributed by atoms with Crippen LogP contribution in [-0.4, -0.2) is 73.4 Å². The number of ether oxygens (including phenoxy) is 1. The first kappa shape index (κ1) is 26.1. The molecule has 150 valence electrons. The number of carbonyl (C=O) groups excluding carboxylic acids is 1. The first-order chi connectivity index (χ1) is 11.2. The first-order valence-electron chi connectivity index (χ1n) is 7.55. The molecule has 0 amide bonds. The van der Waals surface area contributed by atoms with Crippen LogP contribution in [0.25, 0.3) is 0 Å². The van der Waals surface area contributed by atoms with Crippen LogP contribution in [0.15, 0.2) is 12.7 Å². The predicted octanol–water partition coefficient (Wildman–Crippen LogP) is 1.39. The van der Waals surface area contributed by atoms with Gasteiger partial charge in [-0.15, -0.1) is 0 Å². The lowest BCUT2D eigenvalue weighted by Crippen LogP contribution is -2.50. The minimum atomic E-state index is -6.09. The maximum Gasteiger partial charge on any atom is 0.485 e. The number of likely N-dealkylation sites (N-methyl/N-ethyl adjacent to an activating group) is 1. The lowest BCUT2D eigenvalue weighted by Gasteiger charge is -2.35. The molecule has 0 bridgehead atoms. The summed E-state index contributed by atoms with van der Waals surface area (Å²) in [6, 6.07) is 0. The van der Waals surface area contributed by atoms with Crippen molar-refractivity contribution < 1.29 is 45.3 Å². The fourth-order valence-corrected chi connectivity index (χ4v) is 2.17. The Kier molecular flexibility index (Phi) is 11.9. The van der Waals surface area contributed by atoms with Gasteiger partial charge in [-0.3, -0.25) is 0 Å². The van der Waals surface area contributed by atoms with E-state index in [9.17, 15) is 23.1 Å². The van der Waals surface area contributed by atoms with Gasteiger partial charge in [0.05, 0.1) is 20.1 Å². The molecule has 1 unspecified atom stereocenters. The van der Waals surface area contributed by atoms with Gasteiger partial charge < -0.3 is 18.9 Å². The van der Waals surface area contributed by atoms with Crippen molar-refractivity contribution in [2.24, 2.45) is 0 Å². The summed E-state index contributed by atoms with van der Waals surface area (Å²) >= 11 is 0. The highest BCUT2D eigenvalue weighted by molar-refractivity contribution is 7.86. The smallest absolute Gasteiger partial charge is 0.485 e. The second-order valence-corrected chi connectivity index (χ2v) is 7.01. The number of aliphatic hydroxyl groups is 1. The molecule has 0 saturated heterocycles. The molecular weight excluding hydrogens is 367 g/mol. The van der Waals surface area contributed by atoms with E-state index in [4.69, 9.17) is 17.7 Å². The van der Waals surface area contributed by atoms with E-state index in [1.165, 1.54) is 0 Å². The van der Waals surface area contributed by atoms with Gasteiger partial charge in [0, 0.05) is 6.08 Å². The lowest BCUT2D eigenvalue weighted by molar-refractivity contribution is -0.912. The van der Waals surface area contributed by atoms with Crippen molar-refractivity contribution in [3.05, 3.63) is 12.7 Å². The molecule has 0 saturated carbocycles. The Morgan fingerprint density at radius 1 is 1.32 bits per heavy atom. The summed E-state index contributed by atoms with van der Waals surface area (Å²) < 4.78 is 64.6. The molecule has 0 aromatic carbocycles. The van der Waals surface area contributed by atoms with Crippen molar-refractivity contribution in [2.45, 2.75) is 38.3 Å². The summed E-state index contributed by atoms with van der Waals surface area (Å²) in [5, 5.41) is 9.86. The van der Waals surface area contributed by atoms with Gasteiger partial charge in [-0.25, -0.2) is 13.2 Å². The topological polar surface area (TPSA) is 104 Å². The van der Waals surface area contributed by atoms with Crippen molar-refractivity contribution >= 4 is 16.1 Å². The lowest BCUT2D eigenvalue weighted by atomic mass is 10.2. The molecule has 0 heterocycles. The molecule has 0 radical (unpaired) electrons. The highest BCUT2D eigenvalue weighted by Gasteiger charge is 2.36. The molecular formula is C14H26F3NO6S. The fourth-order valence-electron chi connectivity index (χ4n) is 2.17. The third-order valence-corrected chi connectivity index (χ3v) is 3.61. The number of quaternary nitrogens is 1. The average Bonchev–Trinajstić information content (AvgIpc) is 2.43. The van der Waals surface area contributed by atoms with Gasteiger partial charge in [-0.2, -0.15) is 13.2 Å². The number of rotatable bonds is 9. The quantitative estimate of drug-likeness (QED) is 0.209. The fraction of sp³-hybridized carbons (Fsp3) is 0.786. The zero-order chi connectivity index (χ0) is 20.3. The van der Waals surface area contributed by atoms with E-state index in [-0.39, 0.29) is 6.61 Å². The molecule has 0 aliphatic carbocycles. The number of aliphatic hydroxyl groups excluding tert-OH is 1. The Morgan fingerprint density at radius 3 is 2.00 bits per heavy atom. The molecule has 0 aliphatic heterocycles. The van der Waals surface area contributed by atoms with Gasteiger partial charge in [-0.05, 0) is 12.8 Å². The maximum atomic E-state index is 10.9. The number of nitrogens with zero attached hydrogens (tertiary/aromatic N) is 1. The molecule has 0 fully saturated rings. The largest absolute Gasteiger partial charge is 0.741 e. The van der Waals surface area contributed by atoms with E-state index in [2.05, 4.69) is 27.5 Å². The number of alkyl halides is 3. The summed E-state index contributed by atoms with van der Waals surface area (Å²) in [6.45, 7) is 10.3. The Balaban J connectivity index is 0. The van der Waals surface area contributed by atoms with E-state index < -0.39 is 27.7 Å². The molecule has 1 atom stereocenters. The molecule has 11 heteroatoms. The number of esters is 1. The monoisotopic (exact) mass is 393 g/mol. The number of hydrogen-bond acceptors (Lipinski definition) is 6. The molecule has 0 aromatic rings. The van der Waals surface area contributed by atoms with Crippen LogP contribution in [0.5, 0.6) is 0 Å². The van der Waals surface area contributed by atoms with E-state index >= 15 is 0 Å². The summed E-state index contributed by atoms with van der Waals surface area (Å²) in [7, 11) is -3.96. The predicted molar refractivity (Wildman–Crippen MR) is 84.3 cm³/mol. The third-order valence-electron chi connectivity index (χ3n) is 3.05. The number of carbonyl (C=O) groups is 1. The van der Waals surface area contributed by atoms with Crippen LogP contribution in [0.3, 0.4) is 0 Å². The molecule has 0 aromatic heterocycles. The average molecular weight is 393 g/mol. The van der Waals surface area contributed by atoms with Crippen molar-refractivity contribution in [2.75, 3.05) is 33.3 Å². The number of hydrogen-bond donors (Lipinski definition) is 1. The van der Waals surface area contributed by atoms with Crippen molar-refractivity contribution in [3.63, 3.8) is 0 Å². The van der Waals surface area contributed by atoms with Crippen molar-refractivity contribution in [1.29, 1.82) is 0 Å². The van der Waals surface area contributed by atoms with Crippen LogP contribution in [0.1, 0.15) is 26.7 Å². The minimum absolute atomic E-state index is 0.0477. The molecule has 7 nitrogen and oxygen atoms in total. The number of halogens is 3. The van der Waals surface area contributed by atoms with E-state index in [0.717, 1.165) is 36.5 Å². The van der Waals surface area contributed by atoms with Crippen LogP contribution in [0.2, 0.25) is 0 Å². The second-order valence-electron chi connectivity index (χ2n) is 5.64. The second kappa shape index (κ2) is 11.4. The minimum Gasteiger partial charge on any atom is -0.741 e. The zero-order valence-corrected chi connectivity index (χ0v) is 15.4. The Labute approximate surface area is 146 Å². The Morgan fingerprint density at radius 2 is 1.72 bits per heavy atom. The van der Waals surface area contributed by atoms with Crippen LogP contribution < -0.4 is 0 Å². The van der Waals surface area contributed by atoms with Gasteiger partial charge in [0.15, 0.2) is 10.1 Å². The van der Waals surface area contributed by atoms with Crippen LogP contribution in [0.4, 0.5) is 13.2 Å². The van der Waals surface area contributed by atoms with Gasteiger partial charge in [0.1, 0.15) is 19.3 Å². The Hall–Kier alpha value is -1.17. The van der Waals surface area contributed by atoms with E-state index in [1.54, 1.807) is 0 Å². The zero-order valence-electron chi connectivity index (χ0n) is 14.6. The third kappa shape index (κ3) is 12.8. The summed E-state index contributed by atoms with van der Waals surface area (Å²) in [5.74, 6) is -0.482. The molecule has 25 heavy (non-hydrogen) atoms. The standard InChI is InChI=1S/C13H26NO3.CHF3O3S/c1-5-8-14(4,9-6-2)10-12(15)11-17-13(16)7-3;2-1(3,4)8(5,6)7/h7,12,15H,3,5-6,8-11H2,1-2,4H3;(H,5,6,7)/q+1;/p-1. The van der Waals surface area contributed by atoms with Crippen molar-refractivity contribution in [3.8, 4) is 0 Å². The summed E-state index contributed by atoms with van der Waals surface area (Å²) in [5.41, 5.74) is -5.65. The Bertz CT molecular complexity index is 501. The van der Waals surface area contributed by atoms with Crippen LogP contribution in [0, 0.1) is 0 Å². The van der Waals surface area contributed by atoms with Crippen LogP contribution in [-0.2, 0) is 19.6 Å². The molecule has 0 rings (SSSR count). The maximum absolute atomic E-state index is 10.9. The van der Waals surface area contributed by atoms with E-state index in [1.807, 2.05) is 0 Å². The molecule has 0 spiro atoms. The van der Waals surface area contributed by atoms with Gasteiger partial charge in [0.2, 0.25) is 0 Å². The summed E-state index contributed by atoms with van der Waals surface area (Å²) in [6.07, 6.45) is 2.66. The highest BCUT2D eigenvalue weighted by atomic mass is 32.2. The van der Waals surface area contributed by atoms with E-state index in [0.29, 0.717) is 6.54 Å². The van der Waals surface area contributed by atoms with Crippen molar-refractivity contribution in [1.82, 2.24) is 0 Å². The molecule has 1 N–H and O–H groups in total. The van der Waals surface area contributed by atoms with Gasteiger partial charge >= 0.3 is 11.5 Å². The van der Waals surface area contributed by atoms with Gasteiger partial charge in [-0.1, -0.05) is 20.4 Å². The normalized spacial score (nSPS) is 13.4. The van der Waals surface area contributed by atoms with Crippen LogP contribution >= 0.6 is 0 Å². The first-order valence-corrected chi connectivity index (χ1v) is 8.96.